The van der Waals surface area contributed by atoms with Gasteiger partial charge in [0.2, 0.25) is 17.6 Å². The Kier molecular flexibility index (Phi) is 4.43. The molecule has 1 aliphatic rings. The van der Waals surface area contributed by atoms with Crippen molar-refractivity contribution in [3.05, 3.63) is 36.2 Å². The zero-order valence-electron chi connectivity index (χ0n) is 14.8. The van der Waals surface area contributed by atoms with Gasteiger partial charge in [-0.25, -0.2) is 0 Å². The first kappa shape index (κ1) is 16.7. The van der Waals surface area contributed by atoms with Gasteiger partial charge in [-0.1, -0.05) is 63.2 Å². The van der Waals surface area contributed by atoms with Crippen molar-refractivity contribution >= 4 is 5.91 Å². The van der Waals surface area contributed by atoms with E-state index in [1.54, 1.807) is 0 Å². The third-order valence-corrected chi connectivity index (χ3v) is 5.15. The molecular weight excluding hydrogens is 302 g/mol. The maximum absolute atomic E-state index is 12.7. The lowest BCUT2D eigenvalue weighted by molar-refractivity contribution is -0.139. The van der Waals surface area contributed by atoms with Crippen LogP contribution in [0.5, 0.6) is 0 Å². The van der Waals surface area contributed by atoms with E-state index in [9.17, 15) is 4.79 Å². The highest BCUT2D eigenvalue weighted by molar-refractivity contribution is 5.82. The SMILES string of the molecule is CCC(C)(C)C(=O)N1CC(C)C(c2nc(-c3ccccc3)no2)C1. The predicted molar refractivity (Wildman–Crippen MR) is 92.3 cm³/mol. The number of likely N-dealkylation sites (tertiary alicyclic amines) is 1. The number of amides is 1. The van der Waals surface area contributed by atoms with E-state index in [0.717, 1.165) is 18.5 Å². The molecule has 0 bridgehead atoms. The summed E-state index contributed by atoms with van der Waals surface area (Å²) in [7, 11) is 0. The molecule has 0 spiro atoms. The molecule has 1 saturated heterocycles. The quantitative estimate of drug-likeness (QED) is 0.858. The summed E-state index contributed by atoms with van der Waals surface area (Å²) < 4.78 is 5.51. The van der Waals surface area contributed by atoms with Crippen molar-refractivity contribution < 1.29 is 9.32 Å². The highest BCUT2D eigenvalue weighted by Crippen LogP contribution is 2.35. The second-order valence-electron chi connectivity index (χ2n) is 7.35. The Balaban J connectivity index is 1.77. The van der Waals surface area contributed by atoms with Gasteiger partial charge in [-0.3, -0.25) is 4.79 Å². The lowest BCUT2D eigenvalue weighted by atomic mass is 9.88. The van der Waals surface area contributed by atoms with Gasteiger partial charge in [-0.2, -0.15) is 4.98 Å². The molecule has 1 aromatic heterocycles. The van der Waals surface area contributed by atoms with Crippen LogP contribution >= 0.6 is 0 Å². The molecule has 0 N–H and O–H groups in total. The van der Waals surface area contributed by atoms with Gasteiger partial charge < -0.3 is 9.42 Å². The van der Waals surface area contributed by atoms with E-state index < -0.39 is 0 Å². The minimum absolute atomic E-state index is 0.103. The number of carbonyl (C=O) groups excluding carboxylic acids is 1. The number of benzene rings is 1. The lowest BCUT2D eigenvalue weighted by Crippen LogP contribution is -2.39. The highest BCUT2D eigenvalue weighted by atomic mass is 16.5. The zero-order valence-corrected chi connectivity index (χ0v) is 14.8. The molecule has 5 heteroatoms. The largest absolute Gasteiger partial charge is 0.341 e. The summed E-state index contributed by atoms with van der Waals surface area (Å²) in [5.74, 6) is 1.86. The van der Waals surface area contributed by atoms with Gasteiger partial charge in [0.1, 0.15) is 0 Å². The molecule has 2 heterocycles. The maximum atomic E-state index is 12.7. The first-order chi connectivity index (χ1) is 11.4. The molecule has 5 nitrogen and oxygen atoms in total. The molecule has 2 unspecified atom stereocenters. The van der Waals surface area contributed by atoms with Gasteiger partial charge >= 0.3 is 0 Å². The minimum atomic E-state index is -0.321. The van der Waals surface area contributed by atoms with E-state index in [1.165, 1.54) is 0 Å². The van der Waals surface area contributed by atoms with Crippen LogP contribution < -0.4 is 0 Å². The molecule has 0 radical (unpaired) electrons. The second-order valence-corrected chi connectivity index (χ2v) is 7.35. The van der Waals surface area contributed by atoms with Crippen molar-refractivity contribution in [1.82, 2.24) is 15.0 Å². The summed E-state index contributed by atoms with van der Waals surface area (Å²) >= 11 is 0. The van der Waals surface area contributed by atoms with E-state index in [-0.39, 0.29) is 17.2 Å². The fraction of sp³-hybridized carbons (Fsp3) is 0.526. The summed E-state index contributed by atoms with van der Waals surface area (Å²) in [4.78, 5) is 19.2. The maximum Gasteiger partial charge on any atom is 0.232 e. The topological polar surface area (TPSA) is 59.2 Å². The fourth-order valence-corrected chi connectivity index (χ4v) is 3.12. The average molecular weight is 327 g/mol. The number of hydrogen-bond donors (Lipinski definition) is 0. The summed E-state index contributed by atoms with van der Waals surface area (Å²) in [5, 5.41) is 4.11. The van der Waals surface area contributed by atoms with Crippen molar-refractivity contribution in [3.63, 3.8) is 0 Å². The highest BCUT2D eigenvalue weighted by Gasteiger charge is 2.40. The van der Waals surface area contributed by atoms with Gasteiger partial charge in [0.15, 0.2) is 0 Å². The van der Waals surface area contributed by atoms with E-state index in [4.69, 9.17) is 4.52 Å². The Bertz CT molecular complexity index is 708. The van der Waals surface area contributed by atoms with Crippen LogP contribution in [0.15, 0.2) is 34.9 Å². The van der Waals surface area contributed by atoms with Gasteiger partial charge in [-0.05, 0) is 12.3 Å². The van der Waals surface area contributed by atoms with Crippen LogP contribution in [-0.4, -0.2) is 34.0 Å². The third-order valence-electron chi connectivity index (χ3n) is 5.15. The number of aromatic nitrogens is 2. The number of carbonyl (C=O) groups is 1. The van der Waals surface area contributed by atoms with E-state index in [2.05, 4.69) is 24.0 Å². The Morgan fingerprint density at radius 2 is 2.00 bits per heavy atom. The number of nitrogens with zero attached hydrogens (tertiary/aromatic N) is 3. The number of rotatable bonds is 4. The van der Waals surface area contributed by atoms with Crippen LogP contribution in [0, 0.1) is 11.3 Å². The number of hydrogen-bond acceptors (Lipinski definition) is 4. The molecule has 1 amide bonds. The minimum Gasteiger partial charge on any atom is -0.341 e. The lowest BCUT2D eigenvalue weighted by Gasteiger charge is -2.28. The predicted octanol–water partition coefficient (Wildman–Crippen LogP) is 3.73. The van der Waals surface area contributed by atoms with Crippen LogP contribution in [0.1, 0.15) is 45.9 Å². The van der Waals surface area contributed by atoms with Gasteiger partial charge in [0.05, 0.1) is 5.92 Å². The molecule has 0 saturated carbocycles. The smallest absolute Gasteiger partial charge is 0.232 e. The van der Waals surface area contributed by atoms with E-state index in [0.29, 0.717) is 24.2 Å². The van der Waals surface area contributed by atoms with Crippen molar-refractivity contribution in [2.24, 2.45) is 11.3 Å². The normalized spacial score (nSPS) is 21.2. The monoisotopic (exact) mass is 327 g/mol. The molecule has 1 aliphatic heterocycles. The third kappa shape index (κ3) is 3.07. The van der Waals surface area contributed by atoms with Crippen LogP contribution in [0.25, 0.3) is 11.4 Å². The van der Waals surface area contributed by atoms with Crippen LogP contribution in [0.4, 0.5) is 0 Å². The first-order valence-electron chi connectivity index (χ1n) is 8.60. The Hall–Kier alpha value is -2.17. The van der Waals surface area contributed by atoms with Crippen molar-refractivity contribution in [2.45, 2.75) is 40.0 Å². The van der Waals surface area contributed by atoms with Gasteiger partial charge in [0, 0.05) is 24.1 Å². The van der Waals surface area contributed by atoms with Gasteiger partial charge in [-0.15, -0.1) is 0 Å². The van der Waals surface area contributed by atoms with Gasteiger partial charge in [0.25, 0.3) is 0 Å². The molecule has 2 atom stereocenters. The van der Waals surface area contributed by atoms with Crippen LogP contribution in [-0.2, 0) is 4.79 Å². The summed E-state index contributed by atoms with van der Waals surface area (Å²) in [5.41, 5.74) is 0.622. The Morgan fingerprint density at radius 1 is 1.29 bits per heavy atom. The zero-order chi connectivity index (χ0) is 17.3. The van der Waals surface area contributed by atoms with Crippen molar-refractivity contribution in [1.29, 1.82) is 0 Å². The summed E-state index contributed by atoms with van der Waals surface area (Å²) in [6.07, 6.45) is 0.833. The second kappa shape index (κ2) is 6.38. The summed E-state index contributed by atoms with van der Waals surface area (Å²) in [6.45, 7) is 9.61. The van der Waals surface area contributed by atoms with Crippen LogP contribution in [0.3, 0.4) is 0 Å². The van der Waals surface area contributed by atoms with Crippen molar-refractivity contribution in [3.8, 4) is 11.4 Å². The molecule has 24 heavy (non-hydrogen) atoms. The molecule has 0 aliphatic carbocycles. The molecule has 128 valence electrons. The standard InChI is InChI=1S/C19H25N3O2/c1-5-19(3,4)18(23)22-11-13(2)15(12-22)17-20-16(21-24-17)14-9-7-6-8-10-14/h6-10,13,15H,5,11-12H2,1-4H3. The summed E-state index contributed by atoms with van der Waals surface area (Å²) in [6, 6.07) is 9.80. The Morgan fingerprint density at radius 3 is 2.67 bits per heavy atom. The molecule has 2 aromatic rings. The molecule has 1 fully saturated rings. The fourth-order valence-electron chi connectivity index (χ4n) is 3.12. The molecule has 3 rings (SSSR count). The average Bonchev–Trinajstić information content (AvgIpc) is 3.21. The molecular formula is C19H25N3O2. The first-order valence-corrected chi connectivity index (χ1v) is 8.60. The Labute approximate surface area is 143 Å². The molecule has 1 aromatic carbocycles. The van der Waals surface area contributed by atoms with E-state index in [1.807, 2.05) is 49.1 Å². The van der Waals surface area contributed by atoms with Crippen LogP contribution in [0.2, 0.25) is 0 Å². The van der Waals surface area contributed by atoms with Crippen molar-refractivity contribution in [2.75, 3.05) is 13.1 Å². The van der Waals surface area contributed by atoms with E-state index >= 15 is 0 Å².